The third-order valence-electron chi connectivity index (χ3n) is 5.88. The van der Waals surface area contributed by atoms with E-state index in [4.69, 9.17) is 19.0 Å². The Morgan fingerprint density at radius 1 is 1.13 bits per heavy atom. The van der Waals surface area contributed by atoms with Gasteiger partial charge < -0.3 is 18.9 Å². The molecule has 1 aromatic carbocycles. The molecule has 154 valence electrons. The van der Waals surface area contributed by atoms with Crippen LogP contribution in [-0.4, -0.2) is 47.2 Å². The van der Waals surface area contributed by atoms with E-state index in [9.17, 15) is 5.26 Å². The van der Waals surface area contributed by atoms with E-state index in [1.54, 1.807) is 6.92 Å². The molecule has 3 aromatic rings. The van der Waals surface area contributed by atoms with Crippen LogP contribution in [0.3, 0.4) is 0 Å². The van der Waals surface area contributed by atoms with Crippen molar-refractivity contribution in [1.29, 1.82) is 5.26 Å². The van der Waals surface area contributed by atoms with Gasteiger partial charge in [-0.15, -0.1) is 0 Å². The van der Waals surface area contributed by atoms with Crippen molar-refractivity contribution in [1.82, 2.24) is 15.1 Å². The van der Waals surface area contributed by atoms with Crippen molar-refractivity contribution in [3.8, 4) is 17.5 Å². The van der Waals surface area contributed by atoms with Crippen molar-refractivity contribution < 1.29 is 14.0 Å². The molecule has 0 radical (unpaired) electrons. The molecule has 2 aliphatic rings. The smallest absolute Gasteiger partial charge is 0.261 e. The van der Waals surface area contributed by atoms with Crippen LogP contribution in [0, 0.1) is 18.3 Å². The normalized spacial score (nSPS) is 18.2. The Kier molecular flexibility index (Phi) is 4.65. The van der Waals surface area contributed by atoms with E-state index < -0.39 is 5.79 Å². The van der Waals surface area contributed by atoms with Gasteiger partial charge in [-0.25, -0.2) is 4.98 Å². The van der Waals surface area contributed by atoms with Gasteiger partial charge in [0.25, 0.3) is 5.89 Å². The van der Waals surface area contributed by atoms with E-state index >= 15 is 0 Å². The summed E-state index contributed by atoms with van der Waals surface area (Å²) < 4.78 is 17.2. The molecule has 2 aromatic heterocycles. The van der Waals surface area contributed by atoms with Gasteiger partial charge >= 0.3 is 0 Å². The molecule has 0 saturated carbocycles. The zero-order chi connectivity index (χ0) is 20.7. The summed E-state index contributed by atoms with van der Waals surface area (Å²) in [5.74, 6) is 1.29. The molecule has 30 heavy (non-hydrogen) atoms. The summed E-state index contributed by atoms with van der Waals surface area (Å²) in [5, 5.41) is 14.6. The number of nitrogens with zero attached hydrogens (tertiary/aromatic N) is 5. The van der Waals surface area contributed by atoms with E-state index in [-0.39, 0.29) is 0 Å². The van der Waals surface area contributed by atoms with Crippen molar-refractivity contribution in [2.75, 3.05) is 31.2 Å². The lowest BCUT2D eigenvalue weighted by atomic mass is 10.0. The maximum atomic E-state index is 9.71. The van der Waals surface area contributed by atoms with Crippen LogP contribution in [0.15, 0.2) is 22.7 Å². The summed E-state index contributed by atoms with van der Waals surface area (Å²) in [6.45, 7) is 6.62. The maximum Gasteiger partial charge on any atom is 0.261 e. The molecule has 1 spiro atoms. The predicted molar refractivity (Wildman–Crippen MR) is 110 cm³/mol. The molecule has 5 rings (SSSR count). The topological polar surface area (TPSA) is 97.3 Å². The number of hydrogen-bond donors (Lipinski definition) is 0. The van der Waals surface area contributed by atoms with Gasteiger partial charge in [0.05, 0.1) is 29.9 Å². The molecule has 0 atom stereocenters. The standard InChI is InChI=1S/C22H23N5O3/c1-3-15-10-16-12-18(21-24-14(2)26-30-21)20(25-19(16)17(11-15)13-23)27-6-4-22(5-7-27)28-8-9-29-22/h10-12H,3-9H2,1-2H3. The fourth-order valence-corrected chi connectivity index (χ4v) is 4.28. The monoisotopic (exact) mass is 405 g/mol. The average Bonchev–Trinajstić information content (AvgIpc) is 3.42. The van der Waals surface area contributed by atoms with Crippen molar-refractivity contribution >= 4 is 16.7 Å². The van der Waals surface area contributed by atoms with Crippen LogP contribution >= 0.6 is 0 Å². The molecule has 2 fully saturated rings. The zero-order valence-corrected chi connectivity index (χ0v) is 17.1. The van der Waals surface area contributed by atoms with Crippen LogP contribution < -0.4 is 4.90 Å². The molecule has 8 nitrogen and oxygen atoms in total. The molecule has 0 amide bonds. The molecule has 4 heterocycles. The maximum absolute atomic E-state index is 9.71. The number of anilines is 1. The molecule has 0 aliphatic carbocycles. The average molecular weight is 405 g/mol. The Hall–Kier alpha value is -3.02. The molecule has 8 heteroatoms. The van der Waals surface area contributed by atoms with E-state index in [0.29, 0.717) is 36.0 Å². The van der Waals surface area contributed by atoms with Crippen molar-refractivity contribution in [3.63, 3.8) is 0 Å². The largest absolute Gasteiger partial charge is 0.356 e. The van der Waals surface area contributed by atoms with Gasteiger partial charge in [-0.1, -0.05) is 12.1 Å². The van der Waals surface area contributed by atoms with Crippen molar-refractivity contribution in [2.24, 2.45) is 0 Å². The fraction of sp³-hybridized carbons (Fsp3) is 0.455. The first-order valence-corrected chi connectivity index (χ1v) is 10.3. The Bertz CT molecular complexity index is 1130. The Morgan fingerprint density at radius 3 is 2.53 bits per heavy atom. The minimum atomic E-state index is -0.470. The molecular weight excluding hydrogens is 382 g/mol. The summed E-state index contributed by atoms with van der Waals surface area (Å²) in [7, 11) is 0. The Balaban J connectivity index is 1.62. The number of aromatic nitrogens is 3. The lowest BCUT2D eigenvalue weighted by molar-refractivity contribution is -0.169. The fourth-order valence-electron chi connectivity index (χ4n) is 4.28. The van der Waals surface area contributed by atoms with Gasteiger partial charge in [0.15, 0.2) is 11.6 Å². The number of benzene rings is 1. The molecule has 0 unspecified atom stereocenters. The summed E-state index contributed by atoms with van der Waals surface area (Å²) in [5.41, 5.74) is 3.15. The number of nitriles is 1. The summed E-state index contributed by atoms with van der Waals surface area (Å²) >= 11 is 0. The number of aryl methyl sites for hydroxylation is 2. The summed E-state index contributed by atoms with van der Waals surface area (Å²) in [6, 6.07) is 8.31. The van der Waals surface area contributed by atoms with Crippen LogP contribution in [0.2, 0.25) is 0 Å². The SMILES string of the molecule is CCc1cc(C#N)c2nc(N3CCC4(CC3)OCCO4)c(-c3nc(C)no3)cc2c1. The van der Waals surface area contributed by atoms with Gasteiger partial charge in [0.1, 0.15) is 11.9 Å². The minimum Gasteiger partial charge on any atom is -0.356 e. The number of fused-ring (bicyclic) bond motifs is 1. The highest BCUT2D eigenvalue weighted by atomic mass is 16.7. The number of rotatable bonds is 3. The van der Waals surface area contributed by atoms with Crippen molar-refractivity contribution in [2.45, 2.75) is 38.9 Å². The van der Waals surface area contributed by atoms with Gasteiger partial charge in [-0.05, 0) is 37.1 Å². The zero-order valence-electron chi connectivity index (χ0n) is 17.1. The lowest BCUT2D eigenvalue weighted by Crippen LogP contribution is -2.45. The highest BCUT2D eigenvalue weighted by molar-refractivity contribution is 5.91. The van der Waals surface area contributed by atoms with Gasteiger partial charge in [0.2, 0.25) is 0 Å². The van der Waals surface area contributed by atoms with Crippen LogP contribution in [0.1, 0.15) is 36.7 Å². The predicted octanol–water partition coefficient (Wildman–Crippen LogP) is 3.37. The van der Waals surface area contributed by atoms with Crippen LogP contribution in [0.25, 0.3) is 22.4 Å². The number of hydrogen-bond acceptors (Lipinski definition) is 8. The Morgan fingerprint density at radius 2 is 1.90 bits per heavy atom. The van der Waals surface area contributed by atoms with E-state index in [2.05, 4.69) is 34.1 Å². The second-order valence-corrected chi connectivity index (χ2v) is 7.78. The second-order valence-electron chi connectivity index (χ2n) is 7.78. The minimum absolute atomic E-state index is 0.436. The van der Waals surface area contributed by atoms with Gasteiger partial charge in [-0.3, -0.25) is 0 Å². The van der Waals surface area contributed by atoms with E-state index in [0.717, 1.165) is 54.7 Å². The first-order chi connectivity index (χ1) is 14.6. The molecule has 2 saturated heterocycles. The summed E-state index contributed by atoms with van der Waals surface area (Å²) in [4.78, 5) is 11.6. The van der Waals surface area contributed by atoms with Crippen LogP contribution in [-0.2, 0) is 15.9 Å². The number of pyridine rings is 1. The van der Waals surface area contributed by atoms with Gasteiger partial charge in [0, 0.05) is 31.3 Å². The molecule has 2 aliphatic heterocycles. The number of piperidine rings is 1. The van der Waals surface area contributed by atoms with E-state index in [1.807, 2.05) is 12.1 Å². The van der Waals surface area contributed by atoms with Gasteiger partial charge in [-0.2, -0.15) is 10.2 Å². The quantitative estimate of drug-likeness (QED) is 0.654. The highest BCUT2D eigenvalue weighted by Gasteiger charge is 2.40. The second kappa shape index (κ2) is 7.35. The highest BCUT2D eigenvalue weighted by Crippen LogP contribution is 2.38. The molecular formula is C22H23N5O3. The number of ether oxygens (including phenoxy) is 2. The van der Waals surface area contributed by atoms with Crippen LogP contribution in [0.4, 0.5) is 5.82 Å². The third kappa shape index (κ3) is 3.20. The Labute approximate surface area is 174 Å². The van der Waals surface area contributed by atoms with E-state index in [1.165, 1.54) is 0 Å². The molecule has 0 N–H and O–H groups in total. The molecule has 0 bridgehead atoms. The first kappa shape index (κ1) is 19.0. The first-order valence-electron chi connectivity index (χ1n) is 10.3. The lowest BCUT2D eigenvalue weighted by Gasteiger charge is -2.38. The van der Waals surface area contributed by atoms with Crippen LogP contribution in [0.5, 0.6) is 0 Å². The third-order valence-corrected chi connectivity index (χ3v) is 5.88. The van der Waals surface area contributed by atoms with Crippen molar-refractivity contribution in [3.05, 3.63) is 35.2 Å². The summed E-state index contributed by atoms with van der Waals surface area (Å²) in [6.07, 6.45) is 2.36.